The Labute approximate surface area is 138 Å². The molecule has 21 heavy (non-hydrogen) atoms. The van der Waals surface area contributed by atoms with Gasteiger partial charge in [-0.1, -0.05) is 52.9 Å². The first-order valence-corrected chi connectivity index (χ1v) is 8.69. The van der Waals surface area contributed by atoms with Gasteiger partial charge in [0.1, 0.15) is 17.5 Å². The zero-order valence-electron chi connectivity index (χ0n) is 11.8. The SMILES string of the molecule is O=C1CC2(CCCCC2)CC(=O)C1c1c(Cl)cccc1Br. The zero-order chi connectivity index (χ0) is 15.0. The summed E-state index contributed by atoms with van der Waals surface area (Å²) >= 11 is 9.67. The molecule has 0 N–H and O–H groups in total. The van der Waals surface area contributed by atoms with Crippen molar-refractivity contribution in [2.24, 2.45) is 5.41 Å². The molecule has 0 heterocycles. The van der Waals surface area contributed by atoms with Crippen LogP contribution in [0.5, 0.6) is 0 Å². The highest BCUT2D eigenvalue weighted by Gasteiger charge is 2.46. The molecule has 1 spiro atoms. The first kappa shape index (κ1) is 15.2. The Bertz CT molecular complexity index is 550. The Morgan fingerprint density at radius 3 is 2.24 bits per heavy atom. The fraction of sp³-hybridized carbons (Fsp3) is 0.529. The van der Waals surface area contributed by atoms with E-state index in [9.17, 15) is 9.59 Å². The summed E-state index contributed by atoms with van der Waals surface area (Å²) in [6, 6.07) is 5.40. The largest absolute Gasteiger partial charge is 0.298 e. The van der Waals surface area contributed by atoms with Gasteiger partial charge in [-0.05, 0) is 30.4 Å². The molecule has 2 aliphatic carbocycles. The maximum Gasteiger partial charge on any atom is 0.148 e. The second-order valence-electron chi connectivity index (χ2n) is 6.42. The highest BCUT2D eigenvalue weighted by atomic mass is 79.9. The quantitative estimate of drug-likeness (QED) is 0.648. The van der Waals surface area contributed by atoms with Crippen molar-refractivity contribution in [2.45, 2.75) is 50.9 Å². The Kier molecular flexibility index (Phi) is 4.24. The Balaban J connectivity index is 1.92. The predicted molar refractivity (Wildman–Crippen MR) is 86.7 cm³/mol. The number of halogens is 2. The highest BCUT2D eigenvalue weighted by Crippen LogP contribution is 2.49. The summed E-state index contributed by atoms with van der Waals surface area (Å²) in [5.74, 6) is -0.593. The van der Waals surface area contributed by atoms with Crippen LogP contribution in [-0.4, -0.2) is 11.6 Å². The molecular formula is C17H18BrClO2. The molecule has 112 valence electrons. The first-order valence-electron chi connectivity index (χ1n) is 7.52. The molecule has 2 aliphatic rings. The standard InChI is InChI=1S/C17H18BrClO2/c18-11-5-4-6-12(19)15(11)16-13(20)9-17(10-14(16)21)7-2-1-3-8-17/h4-6,16H,1-3,7-10H2. The molecule has 0 unspecified atom stereocenters. The minimum Gasteiger partial charge on any atom is -0.298 e. The van der Waals surface area contributed by atoms with Crippen LogP contribution in [0.25, 0.3) is 0 Å². The monoisotopic (exact) mass is 368 g/mol. The molecule has 1 aromatic rings. The molecule has 0 aromatic heterocycles. The third-order valence-corrected chi connectivity index (χ3v) is 5.97. The molecular weight excluding hydrogens is 352 g/mol. The van der Waals surface area contributed by atoms with Crippen LogP contribution in [0.1, 0.15) is 56.4 Å². The summed E-state index contributed by atoms with van der Waals surface area (Å²) in [4.78, 5) is 25.4. The molecule has 2 nitrogen and oxygen atoms in total. The zero-order valence-corrected chi connectivity index (χ0v) is 14.2. The van der Waals surface area contributed by atoms with Gasteiger partial charge in [0.05, 0.1) is 0 Å². The molecule has 0 bridgehead atoms. The molecule has 4 heteroatoms. The van der Waals surface area contributed by atoms with Gasteiger partial charge in [-0.3, -0.25) is 9.59 Å². The normalized spacial score (nSPS) is 22.8. The Morgan fingerprint density at radius 1 is 1.05 bits per heavy atom. The maximum atomic E-state index is 12.7. The lowest BCUT2D eigenvalue weighted by molar-refractivity contribution is -0.137. The molecule has 0 atom stereocenters. The second kappa shape index (κ2) is 5.85. The van der Waals surface area contributed by atoms with Gasteiger partial charge in [-0.25, -0.2) is 0 Å². The average molecular weight is 370 g/mol. The number of carbonyl (C=O) groups excluding carboxylic acids is 2. The van der Waals surface area contributed by atoms with E-state index in [1.54, 1.807) is 6.07 Å². The van der Waals surface area contributed by atoms with Crippen LogP contribution < -0.4 is 0 Å². The van der Waals surface area contributed by atoms with Gasteiger partial charge in [0.25, 0.3) is 0 Å². The van der Waals surface area contributed by atoms with Crippen molar-refractivity contribution in [3.05, 3.63) is 33.3 Å². The third-order valence-electron chi connectivity index (χ3n) is 4.95. The van der Waals surface area contributed by atoms with Crippen molar-refractivity contribution in [2.75, 3.05) is 0 Å². The lowest BCUT2D eigenvalue weighted by atomic mass is 9.61. The minimum atomic E-state index is -0.680. The first-order chi connectivity index (χ1) is 10.0. The molecule has 0 radical (unpaired) electrons. The number of Topliss-reactive ketones (excluding diaryl/α,β-unsaturated/α-hetero) is 2. The molecule has 0 amide bonds. The lowest BCUT2D eigenvalue weighted by Gasteiger charge is -2.41. The van der Waals surface area contributed by atoms with E-state index in [1.165, 1.54) is 6.42 Å². The van der Waals surface area contributed by atoms with E-state index < -0.39 is 5.92 Å². The van der Waals surface area contributed by atoms with Gasteiger partial charge in [0.2, 0.25) is 0 Å². The fourth-order valence-corrected chi connectivity index (χ4v) is 4.94. The van der Waals surface area contributed by atoms with E-state index in [4.69, 9.17) is 11.6 Å². The van der Waals surface area contributed by atoms with Gasteiger partial charge in [0.15, 0.2) is 0 Å². The number of rotatable bonds is 1. The molecule has 2 saturated carbocycles. The van der Waals surface area contributed by atoms with Crippen LogP contribution in [0, 0.1) is 5.41 Å². The van der Waals surface area contributed by atoms with Crippen LogP contribution in [0.3, 0.4) is 0 Å². The molecule has 2 fully saturated rings. The summed E-state index contributed by atoms with van der Waals surface area (Å²) in [6.07, 6.45) is 6.59. The summed E-state index contributed by atoms with van der Waals surface area (Å²) in [7, 11) is 0. The number of benzene rings is 1. The Hall–Kier alpha value is -0.670. The number of ketones is 2. The summed E-state index contributed by atoms with van der Waals surface area (Å²) in [5.41, 5.74) is 0.594. The minimum absolute atomic E-state index is 0.0435. The fourth-order valence-electron chi connectivity index (χ4n) is 3.95. The van der Waals surface area contributed by atoms with E-state index in [-0.39, 0.29) is 17.0 Å². The summed E-state index contributed by atoms with van der Waals surface area (Å²) in [5, 5.41) is 0.496. The van der Waals surface area contributed by atoms with Crippen molar-refractivity contribution < 1.29 is 9.59 Å². The Morgan fingerprint density at radius 2 is 1.67 bits per heavy atom. The van der Waals surface area contributed by atoms with E-state index in [0.29, 0.717) is 23.4 Å². The van der Waals surface area contributed by atoms with Crippen LogP contribution in [0.2, 0.25) is 5.02 Å². The highest BCUT2D eigenvalue weighted by molar-refractivity contribution is 9.10. The van der Waals surface area contributed by atoms with Gasteiger partial charge < -0.3 is 0 Å². The molecule has 1 aromatic carbocycles. The van der Waals surface area contributed by atoms with Crippen molar-refractivity contribution in [3.63, 3.8) is 0 Å². The van der Waals surface area contributed by atoms with E-state index in [1.807, 2.05) is 12.1 Å². The van der Waals surface area contributed by atoms with Crippen molar-refractivity contribution >= 4 is 39.1 Å². The van der Waals surface area contributed by atoms with Gasteiger partial charge >= 0.3 is 0 Å². The van der Waals surface area contributed by atoms with E-state index >= 15 is 0 Å². The number of hydrogen-bond donors (Lipinski definition) is 0. The van der Waals surface area contributed by atoms with Gasteiger partial charge in [0, 0.05) is 27.9 Å². The second-order valence-corrected chi connectivity index (χ2v) is 7.68. The van der Waals surface area contributed by atoms with E-state index in [2.05, 4.69) is 15.9 Å². The summed E-state index contributed by atoms with van der Waals surface area (Å²) in [6.45, 7) is 0. The average Bonchev–Trinajstić information content (AvgIpc) is 2.42. The topological polar surface area (TPSA) is 34.1 Å². The predicted octanol–water partition coefficient (Wildman–Crippen LogP) is 5.07. The van der Waals surface area contributed by atoms with Crippen molar-refractivity contribution in [1.82, 2.24) is 0 Å². The van der Waals surface area contributed by atoms with Crippen LogP contribution in [-0.2, 0) is 9.59 Å². The molecule has 3 rings (SSSR count). The lowest BCUT2D eigenvalue weighted by Crippen LogP contribution is -2.40. The molecule has 0 saturated heterocycles. The van der Waals surface area contributed by atoms with Crippen molar-refractivity contribution in [1.29, 1.82) is 0 Å². The van der Waals surface area contributed by atoms with Gasteiger partial charge in [-0.2, -0.15) is 0 Å². The number of carbonyl (C=O) groups is 2. The summed E-state index contributed by atoms with van der Waals surface area (Å²) < 4.78 is 0.751. The number of hydrogen-bond acceptors (Lipinski definition) is 2. The van der Waals surface area contributed by atoms with Crippen LogP contribution >= 0.6 is 27.5 Å². The maximum absolute atomic E-state index is 12.7. The smallest absolute Gasteiger partial charge is 0.148 e. The van der Waals surface area contributed by atoms with E-state index in [0.717, 1.165) is 30.2 Å². The third kappa shape index (κ3) is 2.83. The van der Waals surface area contributed by atoms with Crippen molar-refractivity contribution in [3.8, 4) is 0 Å². The molecule has 0 aliphatic heterocycles. The van der Waals surface area contributed by atoms with Crippen LogP contribution in [0.15, 0.2) is 22.7 Å². The van der Waals surface area contributed by atoms with Crippen LogP contribution in [0.4, 0.5) is 0 Å². The van der Waals surface area contributed by atoms with Gasteiger partial charge in [-0.15, -0.1) is 0 Å².